The van der Waals surface area contributed by atoms with E-state index in [0.717, 1.165) is 43.5 Å². The lowest BCUT2D eigenvalue weighted by molar-refractivity contribution is -0.142. The second-order valence-corrected chi connectivity index (χ2v) is 7.48. The Labute approximate surface area is 161 Å². The Hall–Kier alpha value is -1.55. The van der Waals surface area contributed by atoms with Crippen LogP contribution < -0.4 is 0 Å². The van der Waals surface area contributed by atoms with Crippen molar-refractivity contribution in [2.45, 2.75) is 70.3 Å². The first kappa shape index (κ1) is 20.8. The van der Waals surface area contributed by atoms with Crippen LogP contribution in [0, 0.1) is 0 Å². The van der Waals surface area contributed by atoms with E-state index in [-0.39, 0.29) is 24.3 Å². The summed E-state index contributed by atoms with van der Waals surface area (Å²) in [7, 11) is 1.40. The maximum atomic E-state index is 12.9. The highest BCUT2D eigenvalue weighted by atomic mass is 35.5. The molecule has 0 bridgehead atoms. The summed E-state index contributed by atoms with van der Waals surface area (Å²) in [5, 5.41) is 0.729. The lowest BCUT2D eigenvalue weighted by Crippen LogP contribution is -2.41. The van der Waals surface area contributed by atoms with Crippen molar-refractivity contribution >= 4 is 23.5 Å². The van der Waals surface area contributed by atoms with E-state index in [1.165, 1.54) is 25.5 Å². The zero-order valence-corrected chi connectivity index (χ0v) is 16.5. The molecule has 4 nitrogen and oxygen atoms in total. The van der Waals surface area contributed by atoms with Crippen LogP contribution in [-0.4, -0.2) is 36.5 Å². The third-order valence-electron chi connectivity index (χ3n) is 5.14. The van der Waals surface area contributed by atoms with Crippen LogP contribution in [0.1, 0.15) is 63.4 Å². The van der Waals surface area contributed by atoms with Gasteiger partial charge in [-0.2, -0.15) is 0 Å². The van der Waals surface area contributed by atoms with E-state index < -0.39 is 0 Å². The standard InChI is InChI=1S/C21H30ClNO3/c1-26-21(25)15-16-23(19-8-4-2-3-5-9-19)20(24)10-6-7-17-11-13-18(22)14-12-17/h11-14,19H,2-10,15-16H2,1H3. The molecular weight excluding hydrogens is 350 g/mol. The number of benzene rings is 1. The van der Waals surface area contributed by atoms with Gasteiger partial charge in [0.15, 0.2) is 0 Å². The molecule has 0 atom stereocenters. The van der Waals surface area contributed by atoms with Crippen molar-refractivity contribution in [3.05, 3.63) is 34.9 Å². The lowest BCUT2D eigenvalue weighted by atomic mass is 10.0. The Morgan fingerprint density at radius 2 is 1.73 bits per heavy atom. The largest absolute Gasteiger partial charge is 0.469 e. The van der Waals surface area contributed by atoms with Gasteiger partial charge in [-0.15, -0.1) is 0 Å². The second-order valence-electron chi connectivity index (χ2n) is 7.04. The molecule has 0 N–H and O–H groups in total. The molecule has 0 radical (unpaired) electrons. The number of aryl methyl sites for hydroxylation is 1. The molecule has 0 unspecified atom stereocenters. The molecule has 1 aliphatic rings. The third kappa shape index (κ3) is 6.99. The minimum atomic E-state index is -0.252. The predicted molar refractivity (Wildman–Crippen MR) is 104 cm³/mol. The molecule has 0 spiro atoms. The fourth-order valence-corrected chi connectivity index (χ4v) is 3.76. The Morgan fingerprint density at radius 3 is 2.35 bits per heavy atom. The van der Waals surface area contributed by atoms with Gasteiger partial charge in [-0.1, -0.05) is 49.4 Å². The number of amides is 1. The van der Waals surface area contributed by atoms with E-state index in [1.54, 1.807) is 0 Å². The zero-order valence-electron chi connectivity index (χ0n) is 15.7. The summed E-state index contributed by atoms with van der Waals surface area (Å²) in [6.07, 6.45) is 9.36. The summed E-state index contributed by atoms with van der Waals surface area (Å²) in [4.78, 5) is 26.3. The fourth-order valence-electron chi connectivity index (χ4n) is 3.63. The Balaban J connectivity index is 1.90. The van der Waals surface area contributed by atoms with Crippen LogP contribution in [0.3, 0.4) is 0 Å². The normalized spacial score (nSPS) is 15.3. The minimum Gasteiger partial charge on any atom is -0.469 e. The average Bonchev–Trinajstić information content (AvgIpc) is 2.92. The Morgan fingerprint density at radius 1 is 1.08 bits per heavy atom. The van der Waals surface area contributed by atoms with Gasteiger partial charge >= 0.3 is 5.97 Å². The van der Waals surface area contributed by atoms with Crippen LogP contribution in [0.4, 0.5) is 0 Å². The van der Waals surface area contributed by atoms with Gasteiger partial charge in [0, 0.05) is 24.0 Å². The van der Waals surface area contributed by atoms with Crippen LogP contribution in [0.2, 0.25) is 5.02 Å². The molecule has 26 heavy (non-hydrogen) atoms. The summed E-state index contributed by atoms with van der Waals surface area (Å²) in [6.45, 7) is 0.469. The van der Waals surface area contributed by atoms with Gasteiger partial charge in [-0.05, 0) is 43.4 Å². The van der Waals surface area contributed by atoms with E-state index >= 15 is 0 Å². The first-order valence-corrected chi connectivity index (χ1v) is 10.1. The lowest BCUT2D eigenvalue weighted by Gasteiger charge is -2.31. The molecule has 0 aliphatic heterocycles. The van der Waals surface area contributed by atoms with Gasteiger partial charge in [-0.25, -0.2) is 0 Å². The van der Waals surface area contributed by atoms with Crippen LogP contribution in [0.25, 0.3) is 0 Å². The van der Waals surface area contributed by atoms with E-state index in [0.29, 0.717) is 13.0 Å². The molecule has 1 saturated carbocycles. The molecular formula is C21H30ClNO3. The number of carbonyl (C=O) groups is 2. The van der Waals surface area contributed by atoms with Crippen molar-refractivity contribution in [2.75, 3.05) is 13.7 Å². The number of methoxy groups -OCH3 is 1. The van der Waals surface area contributed by atoms with Gasteiger partial charge in [-0.3, -0.25) is 9.59 Å². The highest BCUT2D eigenvalue weighted by molar-refractivity contribution is 6.30. The van der Waals surface area contributed by atoms with Gasteiger partial charge < -0.3 is 9.64 Å². The zero-order chi connectivity index (χ0) is 18.8. The van der Waals surface area contributed by atoms with E-state index in [2.05, 4.69) is 0 Å². The topological polar surface area (TPSA) is 46.6 Å². The monoisotopic (exact) mass is 379 g/mol. The van der Waals surface area contributed by atoms with Gasteiger partial charge in [0.05, 0.1) is 13.5 Å². The van der Waals surface area contributed by atoms with E-state index in [9.17, 15) is 9.59 Å². The first-order valence-electron chi connectivity index (χ1n) is 9.71. The Bertz CT molecular complexity index is 565. The highest BCUT2D eigenvalue weighted by Crippen LogP contribution is 2.23. The summed E-state index contributed by atoms with van der Waals surface area (Å²) in [5.74, 6) is -0.0904. The summed E-state index contributed by atoms with van der Waals surface area (Å²) < 4.78 is 4.75. The number of halogens is 1. The molecule has 1 aromatic carbocycles. The maximum Gasteiger partial charge on any atom is 0.307 e. The SMILES string of the molecule is COC(=O)CCN(C(=O)CCCc1ccc(Cl)cc1)C1CCCCCC1. The fraction of sp³-hybridized carbons (Fsp3) is 0.619. The predicted octanol–water partition coefficient (Wildman–Crippen LogP) is 4.78. The number of rotatable bonds is 8. The molecule has 1 aliphatic carbocycles. The number of ether oxygens (including phenoxy) is 1. The molecule has 1 aromatic rings. The molecule has 144 valence electrons. The maximum absolute atomic E-state index is 12.9. The van der Waals surface area contributed by atoms with Crippen LogP contribution in [0.5, 0.6) is 0 Å². The summed E-state index contributed by atoms with van der Waals surface area (Å²) in [6, 6.07) is 8.05. The minimum absolute atomic E-state index is 0.162. The highest BCUT2D eigenvalue weighted by Gasteiger charge is 2.24. The van der Waals surface area contributed by atoms with Crippen molar-refractivity contribution in [3.63, 3.8) is 0 Å². The number of nitrogens with zero attached hydrogens (tertiary/aromatic N) is 1. The molecule has 2 rings (SSSR count). The number of esters is 1. The van der Waals surface area contributed by atoms with E-state index in [4.69, 9.17) is 16.3 Å². The molecule has 0 saturated heterocycles. The van der Waals surface area contributed by atoms with Crippen molar-refractivity contribution in [2.24, 2.45) is 0 Å². The van der Waals surface area contributed by atoms with Crippen molar-refractivity contribution in [1.82, 2.24) is 4.90 Å². The quantitative estimate of drug-likeness (QED) is 0.482. The van der Waals surface area contributed by atoms with Crippen molar-refractivity contribution < 1.29 is 14.3 Å². The van der Waals surface area contributed by atoms with Crippen molar-refractivity contribution in [3.8, 4) is 0 Å². The number of hydrogen-bond acceptors (Lipinski definition) is 3. The van der Waals surface area contributed by atoms with Crippen LogP contribution in [-0.2, 0) is 20.7 Å². The van der Waals surface area contributed by atoms with Crippen molar-refractivity contribution in [1.29, 1.82) is 0 Å². The number of hydrogen-bond donors (Lipinski definition) is 0. The molecule has 1 amide bonds. The van der Waals surface area contributed by atoms with Crippen LogP contribution >= 0.6 is 11.6 Å². The number of carbonyl (C=O) groups excluding carboxylic acids is 2. The summed E-state index contributed by atoms with van der Waals surface area (Å²) >= 11 is 5.91. The van der Waals surface area contributed by atoms with Gasteiger partial charge in [0.1, 0.15) is 0 Å². The molecule has 0 heterocycles. The average molecular weight is 380 g/mol. The van der Waals surface area contributed by atoms with Gasteiger partial charge in [0.25, 0.3) is 0 Å². The smallest absolute Gasteiger partial charge is 0.307 e. The molecule has 1 fully saturated rings. The van der Waals surface area contributed by atoms with E-state index in [1.807, 2.05) is 29.2 Å². The first-order chi connectivity index (χ1) is 12.6. The second kappa shape index (κ2) is 11.2. The van der Waals surface area contributed by atoms with Gasteiger partial charge in [0.2, 0.25) is 5.91 Å². The molecule has 0 aromatic heterocycles. The summed E-state index contributed by atoms with van der Waals surface area (Å²) in [5.41, 5.74) is 1.19. The third-order valence-corrected chi connectivity index (χ3v) is 5.39. The van der Waals surface area contributed by atoms with Crippen LogP contribution in [0.15, 0.2) is 24.3 Å². The Kier molecular flexibility index (Phi) is 8.96. The molecule has 5 heteroatoms.